The summed E-state index contributed by atoms with van der Waals surface area (Å²) >= 11 is 0. The number of aryl methyl sites for hydroxylation is 1. The van der Waals surface area contributed by atoms with Crippen molar-refractivity contribution in [1.29, 1.82) is 0 Å². The van der Waals surface area contributed by atoms with Crippen LogP contribution in [0.15, 0.2) is 24.3 Å². The van der Waals surface area contributed by atoms with Gasteiger partial charge in [-0.25, -0.2) is 0 Å². The van der Waals surface area contributed by atoms with Crippen molar-refractivity contribution in [2.75, 3.05) is 0 Å². The average Bonchev–Trinajstić information content (AvgIpc) is 2.69. The molecule has 0 saturated heterocycles. The number of hydrogen-bond acceptors (Lipinski definition) is 2. The lowest BCUT2D eigenvalue weighted by Gasteiger charge is -2.42. The van der Waals surface area contributed by atoms with E-state index in [-0.39, 0.29) is 11.3 Å². The Morgan fingerprint density at radius 2 is 1.59 bits per heavy atom. The standard InChI is InChI=1S/C25H40O2/c1-3-5-7-8-9-13-21-14-10-11-15-23(21)25(18-12-6-4-2)19-16-22(17-20-25)24(26)27/h10-11,14-15,22H,3-9,12-13,16-20H2,1-2H3,(H,26,27)/p-1. The van der Waals surface area contributed by atoms with Gasteiger partial charge in [-0.3, -0.25) is 0 Å². The Morgan fingerprint density at radius 1 is 0.963 bits per heavy atom. The van der Waals surface area contributed by atoms with E-state index >= 15 is 0 Å². The van der Waals surface area contributed by atoms with Crippen molar-refractivity contribution in [3.05, 3.63) is 35.4 Å². The topological polar surface area (TPSA) is 40.1 Å². The first kappa shape index (κ1) is 22.0. The minimum absolute atomic E-state index is 0.182. The van der Waals surface area contributed by atoms with Gasteiger partial charge in [0.1, 0.15) is 0 Å². The van der Waals surface area contributed by atoms with Gasteiger partial charge in [0.15, 0.2) is 0 Å². The SMILES string of the molecule is CCCCCCCc1ccccc1C1(CCCCC)CCC(C(=O)[O-])CC1. The van der Waals surface area contributed by atoms with E-state index in [4.69, 9.17) is 0 Å². The van der Waals surface area contributed by atoms with Crippen LogP contribution in [0.2, 0.25) is 0 Å². The molecule has 1 aromatic carbocycles. The highest BCUT2D eigenvalue weighted by molar-refractivity contribution is 5.67. The Bertz CT molecular complexity index is 555. The number of rotatable bonds is 12. The molecule has 0 amide bonds. The van der Waals surface area contributed by atoms with Crippen LogP contribution >= 0.6 is 0 Å². The number of unbranched alkanes of at least 4 members (excludes halogenated alkanes) is 6. The van der Waals surface area contributed by atoms with Gasteiger partial charge in [0.2, 0.25) is 0 Å². The molecule has 0 bridgehead atoms. The zero-order chi connectivity index (χ0) is 19.5. The van der Waals surface area contributed by atoms with E-state index in [1.54, 1.807) is 0 Å². The first-order chi connectivity index (χ1) is 13.1. The normalized spacial score (nSPS) is 22.7. The fourth-order valence-corrected chi connectivity index (χ4v) is 4.95. The lowest BCUT2D eigenvalue weighted by Crippen LogP contribution is -2.39. The van der Waals surface area contributed by atoms with Crippen molar-refractivity contribution in [2.45, 2.75) is 109 Å². The Balaban J connectivity index is 2.13. The fourth-order valence-electron chi connectivity index (χ4n) is 4.95. The summed E-state index contributed by atoms with van der Waals surface area (Å²) in [4.78, 5) is 11.3. The van der Waals surface area contributed by atoms with Gasteiger partial charge in [0.05, 0.1) is 0 Å². The minimum Gasteiger partial charge on any atom is -0.550 e. The van der Waals surface area contributed by atoms with E-state index in [0.717, 1.165) is 25.7 Å². The molecule has 0 heterocycles. The lowest BCUT2D eigenvalue weighted by atomic mass is 9.63. The summed E-state index contributed by atoms with van der Waals surface area (Å²) in [5.74, 6) is -1.09. The summed E-state index contributed by atoms with van der Waals surface area (Å²) in [6, 6.07) is 9.02. The third-order valence-electron chi connectivity index (χ3n) is 6.67. The first-order valence-corrected chi connectivity index (χ1v) is 11.4. The third-order valence-corrected chi connectivity index (χ3v) is 6.67. The van der Waals surface area contributed by atoms with Crippen molar-refractivity contribution in [1.82, 2.24) is 0 Å². The van der Waals surface area contributed by atoms with Crippen LogP contribution in [0.5, 0.6) is 0 Å². The molecule has 152 valence electrons. The molecular weight excluding hydrogens is 332 g/mol. The maximum atomic E-state index is 11.3. The number of carbonyl (C=O) groups is 1. The summed E-state index contributed by atoms with van der Waals surface area (Å²) in [7, 11) is 0. The van der Waals surface area contributed by atoms with E-state index in [0.29, 0.717) is 0 Å². The molecule has 1 saturated carbocycles. The van der Waals surface area contributed by atoms with Crippen LogP contribution in [-0.2, 0) is 16.6 Å². The molecule has 0 N–H and O–H groups in total. The van der Waals surface area contributed by atoms with Crippen LogP contribution in [-0.4, -0.2) is 5.97 Å². The van der Waals surface area contributed by atoms with Crippen molar-refractivity contribution in [3.63, 3.8) is 0 Å². The molecule has 1 aliphatic carbocycles. The molecule has 2 heteroatoms. The van der Waals surface area contributed by atoms with Gasteiger partial charge in [-0.15, -0.1) is 0 Å². The van der Waals surface area contributed by atoms with E-state index < -0.39 is 5.97 Å². The molecular formula is C25H39O2-. The number of carboxylic acid groups (broad SMARTS) is 1. The summed E-state index contributed by atoms with van der Waals surface area (Å²) in [5, 5.41) is 11.3. The van der Waals surface area contributed by atoms with Gasteiger partial charge in [0, 0.05) is 5.97 Å². The highest BCUT2D eigenvalue weighted by Crippen LogP contribution is 2.46. The van der Waals surface area contributed by atoms with Crippen LogP contribution in [0.1, 0.15) is 108 Å². The minimum atomic E-state index is -0.846. The third kappa shape index (κ3) is 6.36. The Hall–Kier alpha value is -1.31. The smallest absolute Gasteiger partial charge is 0.0445 e. The van der Waals surface area contributed by atoms with Gasteiger partial charge in [-0.1, -0.05) is 83.1 Å². The lowest BCUT2D eigenvalue weighted by molar-refractivity contribution is -0.312. The summed E-state index contributed by atoms with van der Waals surface area (Å²) in [6.07, 6.45) is 16.2. The Labute approximate surface area is 166 Å². The van der Waals surface area contributed by atoms with Gasteiger partial charge in [-0.2, -0.15) is 0 Å². The largest absolute Gasteiger partial charge is 0.550 e. The maximum absolute atomic E-state index is 11.3. The second-order valence-electron chi connectivity index (χ2n) is 8.65. The van der Waals surface area contributed by atoms with Gasteiger partial charge < -0.3 is 9.90 Å². The predicted octanol–water partition coefficient (Wildman–Crippen LogP) is 5.96. The Kier molecular flexibility index (Phi) is 9.38. The van der Waals surface area contributed by atoms with Crippen LogP contribution < -0.4 is 5.11 Å². The molecule has 27 heavy (non-hydrogen) atoms. The van der Waals surface area contributed by atoms with Crippen molar-refractivity contribution in [2.24, 2.45) is 5.92 Å². The second-order valence-corrected chi connectivity index (χ2v) is 8.65. The molecule has 0 atom stereocenters. The summed E-state index contributed by atoms with van der Waals surface area (Å²) < 4.78 is 0. The quantitative estimate of drug-likeness (QED) is 0.425. The molecule has 1 aliphatic rings. The van der Waals surface area contributed by atoms with Gasteiger partial charge in [0.25, 0.3) is 0 Å². The number of hydrogen-bond donors (Lipinski definition) is 0. The van der Waals surface area contributed by atoms with Crippen molar-refractivity contribution < 1.29 is 9.90 Å². The monoisotopic (exact) mass is 371 g/mol. The molecule has 0 aromatic heterocycles. The summed E-state index contributed by atoms with van der Waals surface area (Å²) in [5.41, 5.74) is 3.21. The predicted molar refractivity (Wildman–Crippen MR) is 112 cm³/mol. The first-order valence-electron chi connectivity index (χ1n) is 11.4. The van der Waals surface area contributed by atoms with Crippen LogP contribution in [0.25, 0.3) is 0 Å². The van der Waals surface area contributed by atoms with E-state index in [1.165, 1.54) is 75.3 Å². The van der Waals surface area contributed by atoms with Crippen LogP contribution in [0.4, 0.5) is 0 Å². The average molecular weight is 372 g/mol. The molecule has 1 fully saturated rings. The number of carboxylic acids is 1. The summed E-state index contributed by atoms with van der Waals surface area (Å²) in [6.45, 7) is 4.52. The van der Waals surface area contributed by atoms with E-state index in [9.17, 15) is 9.90 Å². The van der Waals surface area contributed by atoms with Gasteiger partial charge >= 0.3 is 0 Å². The molecule has 2 rings (SSSR count). The van der Waals surface area contributed by atoms with Crippen LogP contribution in [0, 0.1) is 5.92 Å². The zero-order valence-corrected chi connectivity index (χ0v) is 17.6. The number of carbonyl (C=O) groups excluding carboxylic acids is 1. The van der Waals surface area contributed by atoms with Gasteiger partial charge in [-0.05, 0) is 67.4 Å². The van der Waals surface area contributed by atoms with Crippen LogP contribution in [0.3, 0.4) is 0 Å². The zero-order valence-electron chi connectivity index (χ0n) is 17.6. The van der Waals surface area contributed by atoms with Crippen molar-refractivity contribution in [3.8, 4) is 0 Å². The highest BCUT2D eigenvalue weighted by Gasteiger charge is 2.37. The molecule has 0 radical (unpaired) electrons. The second kappa shape index (κ2) is 11.5. The fraction of sp³-hybridized carbons (Fsp3) is 0.720. The molecule has 0 spiro atoms. The number of aliphatic carboxylic acids is 1. The molecule has 2 nitrogen and oxygen atoms in total. The highest BCUT2D eigenvalue weighted by atomic mass is 16.4. The Morgan fingerprint density at radius 3 is 2.26 bits per heavy atom. The molecule has 0 aliphatic heterocycles. The number of benzene rings is 1. The molecule has 0 unspecified atom stereocenters. The molecule has 1 aromatic rings. The van der Waals surface area contributed by atoms with E-state index in [2.05, 4.69) is 38.1 Å². The maximum Gasteiger partial charge on any atom is 0.0445 e. The van der Waals surface area contributed by atoms with Crippen molar-refractivity contribution >= 4 is 5.97 Å². The van der Waals surface area contributed by atoms with E-state index in [1.807, 2.05) is 0 Å².